The molecule has 0 saturated carbocycles. The number of hydrogen-bond acceptors (Lipinski definition) is 3. The van der Waals surface area contributed by atoms with Gasteiger partial charge in [-0.3, -0.25) is 0 Å². The van der Waals surface area contributed by atoms with Crippen LogP contribution in [0.5, 0.6) is 5.75 Å². The monoisotopic (exact) mass is 298 g/mol. The molecular weight excluding hydrogens is 280 g/mol. The van der Waals surface area contributed by atoms with Crippen molar-refractivity contribution in [2.45, 2.75) is 19.4 Å². The molecule has 17 heavy (non-hydrogen) atoms. The summed E-state index contributed by atoms with van der Waals surface area (Å²) in [6.45, 7) is 7.51. The minimum absolute atomic E-state index is 0.161. The minimum atomic E-state index is 0.161. The fourth-order valence-electron chi connectivity index (χ4n) is 2.21. The summed E-state index contributed by atoms with van der Waals surface area (Å²) in [5.74, 6) is 0.894. The molecule has 3 nitrogen and oxygen atoms in total. The van der Waals surface area contributed by atoms with Crippen molar-refractivity contribution >= 4 is 21.6 Å². The second-order valence-corrected chi connectivity index (χ2v) is 6.00. The van der Waals surface area contributed by atoms with E-state index in [1.165, 1.54) is 5.69 Å². The number of ether oxygens (including phenoxy) is 1. The molecule has 1 aromatic rings. The van der Waals surface area contributed by atoms with Gasteiger partial charge in [-0.1, -0.05) is 15.9 Å². The van der Waals surface area contributed by atoms with Gasteiger partial charge in [0.05, 0.1) is 7.11 Å². The lowest BCUT2D eigenvalue weighted by molar-refractivity contribution is 0.352. The Bertz CT molecular complexity index is 406. The van der Waals surface area contributed by atoms with E-state index in [4.69, 9.17) is 4.74 Å². The highest BCUT2D eigenvalue weighted by Crippen LogP contribution is 2.28. The van der Waals surface area contributed by atoms with E-state index in [0.29, 0.717) is 0 Å². The molecule has 94 valence electrons. The van der Waals surface area contributed by atoms with Gasteiger partial charge in [0.25, 0.3) is 0 Å². The summed E-state index contributed by atoms with van der Waals surface area (Å²) in [5.41, 5.74) is 1.37. The Kier molecular flexibility index (Phi) is 3.64. The quantitative estimate of drug-likeness (QED) is 0.908. The molecule has 0 amide bonds. The van der Waals surface area contributed by atoms with Gasteiger partial charge < -0.3 is 15.0 Å². The molecule has 0 spiro atoms. The molecule has 0 atom stereocenters. The molecule has 1 heterocycles. The molecule has 4 heteroatoms. The molecule has 1 aromatic carbocycles. The predicted molar refractivity (Wildman–Crippen MR) is 75.0 cm³/mol. The van der Waals surface area contributed by atoms with Crippen LogP contribution in [0.3, 0.4) is 0 Å². The summed E-state index contributed by atoms with van der Waals surface area (Å²) in [6.07, 6.45) is 0. The van der Waals surface area contributed by atoms with Crippen molar-refractivity contribution in [2.24, 2.45) is 0 Å². The maximum absolute atomic E-state index is 5.31. The van der Waals surface area contributed by atoms with Gasteiger partial charge in [0.15, 0.2) is 0 Å². The normalized spacial score (nSPS) is 19.2. The smallest absolute Gasteiger partial charge is 0.122 e. The molecule has 0 aromatic heterocycles. The summed E-state index contributed by atoms with van der Waals surface area (Å²) in [7, 11) is 1.70. The standard InChI is InChI=1S/C13H19BrN2O/c1-13(2)9-16(5-4-15-13)11-6-10(14)7-12(8-11)17-3/h6-8,15H,4-5,9H2,1-3H3. The molecule has 1 aliphatic rings. The largest absolute Gasteiger partial charge is 0.497 e. The summed E-state index contributed by atoms with van der Waals surface area (Å²) in [5, 5.41) is 3.52. The maximum Gasteiger partial charge on any atom is 0.122 e. The van der Waals surface area contributed by atoms with Crippen LogP contribution in [0.2, 0.25) is 0 Å². The van der Waals surface area contributed by atoms with E-state index in [0.717, 1.165) is 29.9 Å². The number of nitrogens with zero attached hydrogens (tertiary/aromatic N) is 1. The Morgan fingerprint density at radius 1 is 1.35 bits per heavy atom. The van der Waals surface area contributed by atoms with Crippen molar-refractivity contribution < 1.29 is 4.74 Å². The number of halogens is 1. The molecular formula is C13H19BrN2O. The van der Waals surface area contributed by atoms with Crippen molar-refractivity contribution in [1.29, 1.82) is 0 Å². The van der Waals surface area contributed by atoms with E-state index in [1.54, 1.807) is 7.11 Å². The summed E-state index contributed by atoms with van der Waals surface area (Å²) in [4.78, 5) is 2.39. The first-order chi connectivity index (χ1) is 8.00. The van der Waals surface area contributed by atoms with Gasteiger partial charge in [0.1, 0.15) is 5.75 Å². The number of rotatable bonds is 2. The first-order valence-electron chi connectivity index (χ1n) is 5.85. The van der Waals surface area contributed by atoms with Crippen molar-refractivity contribution in [3.8, 4) is 5.75 Å². The zero-order chi connectivity index (χ0) is 12.5. The second-order valence-electron chi connectivity index (χ2n) is 5.08. The molecule has 0 radical (unpaired) electrons. The lowest BCUT2D eigenvalue weighted by Crippen LogP contribution is -2.57. The molecule has 0 aliphatic carbocycles. The Balaban J connectivity index is 2.24. The first kappa shape index (κ1) is 12.7. The fourth-order valence-corrected chi connectivity index (χ4v) is 2.67. The Morgan fingerprint density at radius 2 is 2.12 bits per heavy atom. The fraction of sp³-hybridized carbons (Fsp3) is 0.538. The highest BCUT2D eigenvalue weighted by Gasteiger charge is 2.26. The van der Waals surface area contributed by atoms with Crippen LogP contribution in [-0.2, 0) is 0 Å². The summed E-state index contributed by atoms with van der Waals surface area (Å²) >= 11 is 3.53. The number of benzene rings is 1. The highest BCUT2D eigenvalue weighted by molar-refractivity contribution is 9.10. The van der Waals surface area contributed by atoms with Crippen molar-refractivity contribution in [3.63, 3.8) is 0 Å². The molecule has 2 rings (SSSR count). The van der Waals surface area contributed by atoms with Crippen LogP contribution < -0.4 is 15.0 Å². The zero-order valence-electron chi connectivity index (χ0n) is 10.6. The van der Waals surface area contributed by atoms with Gasteiger partial charge in [-0.25, -0.2) is 0 Å². The van der Waals surface area contributed by atoms with Gasteiger partial charge in [-0.15, -0.1) is 0 Å². The average Bonchev–Trinajstić information content (AvgIpc) is 2.27. The number of anilines is 1. The molecule has 1 saturated heterocycles. The highest BCUT2D eigenvalue weighted by atomic mass is 79.9. The third-order valence-corrected chi connectivity index (χ3v) is 3.49. The Labute approximate surface area is 111 Å². The lowest BCUT2D eigenvalue weighted by Gasteiger charge is -2.40. The number of methoxy groups -OCH3 is 1. The van der Waals surface area contributed by atoms with Crippen LogP contribution >= 0.6 is 15.9 Å². The van der Waals surface area contributed by atoms with Crippen LogP contribution in [0.25, 0.3) is 0 Å². The van der Waals surface area contributed by atoms with Crippen molar-refractivity contribution in [2.75, 3.05) is 31.6 Å². The van der Waals surface area contributed by atoms with Gasteiger partial charge in [0, 0.05) is 41.4 Å². The third-order valence-electron chi connectivity index (χ3n) is 3.03. The molecule has 1 fully saturated rings. The summed E-state index contributed by atoms with van der Waals surface area (Å²) < 4.78 is 6.36. The lowest BCUT2D eigenvalue weighted by atomic mass is 10.0. The van der Waals surface area contributed by atoms with Crippen LogP contribution in [0.15, 0.2) is 22.7 Å². The van der Waals surface area contributed by atoms with Gasteiger partial charge in [0.2, 0.25) is 0 Å². The van der Waals surface area contributed by atoms with Gasteiger partial charge in [-0.2, -0.15) is 0 Å². The van der Waals surface area contributed by atoms with Crippen LogP contribution in [0.1, 0.15) is 13.8 Å². The van der Waals surface area contributed by atoms with Crippen molar-refractivity contribution in [1.82, 2.24) is 5.32 Å². The average molecular weight is 299 g/mol. The minimum Gasteiger partial charge on any atom is -0.497 e. The number of piperazine rings is 1. The van der Waals surface area contributed by atoms with E-state index in [-0.39, 0.29) is 5.54 Å². The first-order valence-corrected chi connectivity index (χ1v) is 6.64. The van der Waals surface area contributed by atoms with Crippen molar-refractivity contribution in [3.05, 3.63) is 22.7 Å². The maximum atomic E-state index is 5.31. The van der Waals surface area contributed by atoms with E-state index in [1.807, 2.05) is 6.07 Å². The van der Waals surface area contributed by atoms with E-state index >= 15 is 0 Å². The molecule has 0 bridgehead atoms. The Hall–Kier alpha value is -0.740. The van der Waals surface area contributed by atoms with Gasteiger partial charge in [-0.05, 0) is 26.0 Å². The summed E-state index contributed by atoms with van der Waals surface area (Å²) in [6, 6.07) is 6.22. The van der Waals surface area contributed by atoms with Crippen LogP contribution in [-0.4, -0.2) is 32.3 Å². The Morgan fingerprint density at radius 3 is 2.76 bits per heavy atom. The number of hydrogen-bond donors (Lipinski definition) is 1. The van der Waals surface area contributed by atoms with Crippen LogP contribution in [0, 0.1) is 0 Å². The van der Waals surface area contributed by atoms with Crippen LogP contribution in [0.4, 0.5) is 5.69 Å². The molecule has 1 N–H and O–H groups in total. The molecule has 1 aliphatic heterocycles. The number of nitrogens with one attached hydrogen (secondary N) is 1. The van der Waals surface area contributed by atoms with E-state index in [9.17, 15) is 0 Å². The van der Waals surface area contributed by atoms with Gasteiger partial charge >= 0.3 is 0 Å². The third kappa shape index (κ3) is 3.13. The predicted octanol–water partition coefficient (Wildman–Crippen LogP) is 2.65. The second kappa shape index (κ2) is 4.86. The van der Waals surface area contributed by atoms with E-state index < -0.39 is 0 Å². The zero-order valence-corrected chi connectivity index (χ0v) is 12.2. The topological polar surface area (TPSA) is 24.5 Å². The molecule has 0 unspecified atom stereocenters. The SMILES string of the molecule is COc1cc(Br)cc(N2CCNC(C)(C)C2)c1. The van der Waals surface area contributed by atoms with E-state index in [2.05, 4.69) is 52.1 Å².